The highest BCUT2D eigenvalue weighted by Crippen LogP contribution is 2.45. The van der Waals surface area contributed by atoms with Crippen molar-refractivity contribution < 1.29 is 14.3 Å². The van der Waals surface area contributed by atoms with Crippen LogP contribution in [0.4, 0.5) is 0 Å². The molecule has 0 N–H and O–H groups in total. The Morgan fingerprint density at radius 3 is 2.48 bits per heavy atom. The van der Waals surface area contributed by atoms with Gasteiger partial charge in [0.05, 0.1) is 12.7 Å². The Morgan fingerprint density at radius 1 is 1.16 bits per heavy atom. The Bertz CT molecular complexity index is 880. The topological polar surface area (TPSA) is 38.8 Å². The number of ether oxygens (including phenoxy) is 2. The molecule has 1 amide bonds. The van der Waals surface area contributed by atoms with Crippen LogP contribution in [0.5, 0.6) is 5.75 Å². The number of halogens is 1. The molecule has 4 nitrogen and oxygen atoms in total. The average molecular weight is 444 g/mol. The van der Waals surface area contributed by atoms with Gasteiger partial charge in [0.2, 0.25) is 5.91 Å². The second-order valence-electron chi connectivity index (χ2n) is 9.34. The van der Waals surface area contributed by atoms with Gasteiger partial charge in [0, 0.05) is 31.6 Å². The Labute approximate surface area is 191 Å². The average Bonchev–Trinajstić information content (AvgIpc) is 2.72. The molecule has 0 saturated carbocycles. The molecule has 2 aromatic rings. The standard InChI is InChI=1S/C26H34ClNO3/c1-20(29)28(18-21-9-11-23(30-4)12-10-21)15-13-26(14-16-31-25(2,3)19-26)17-22-7-5-6-8-24(22)27/h5-12H,13-19H2,1-4H3/t26-/m1/s1. The van der Waals surface area contributed by atoms with Crippen LogP contribution in [-0.2, 0) is 22.5 Å². The summed E-state index contributed by atoms with van der Waals surface area (Å²) in [7, 11) is 1.66. The fourth-order valence-electron chi connectivity index (χ4n) is 4.76. The minimum Gasteiger partial charge on any atom is -0.497 e. The molecule has 1 aliphatic heterocycles. The van der Waals surface area contributed by atoms with Gasteiger partial charge in [-0.2, -0.15) is 0 Å². The molecule has 31 heavy (non-hydrogen) atoms. The number of carbonyl (C=O) groups is 1. The van der Waals surface area contributed by atoms with Gasteiger partial charge < -0.3 is 14.4 Å². The van der Waals surface area contributed by atoms with Crippen LogP contribution in [0, 0.1) is 5.41 Å². The maximum Gasteiger partial charge on any atom is 0.219 e. The third-order valence-corrected chi connectivity index (χ3v) is 6.71. The quantitative estimate of drug-likeness (QED) is 0.509. The molecule has 0 aliphatic carbocycles. The van der Waals surface area contributed by atoms with E-state index < -0.39 is 0 Å². The van der Waals surface area contributed by atoms with E-state index in [0.717, 1.165) is 48.6 Å². The minimum atomic E-state index is -0.184. The largest absolute Gasteiger partial charge is 0.497 e. The Kier molecular flexibility index (Phi) is 7.66. The summed E-state index contributed by atoms with van der Waals surface area (Å²) in [6, 6.07) is 16.0. The molecular formula is C26H34ClNO3. The fraction of sp³-hybridized carbons (Fsp3) is 0.500. The minimum absolute atomic E-state index is 0.0420. The van der Waals surface area contributed by atoms with Gasteiger partial charge in [-0.25, -0.2) is 0 Å². The Balaban J connectivity index is 1.77. The van der Waals surface area contributed by atoms with E-state index in [1.807, 2.05) is 47.4 Å². The van der Waals surface area contributed by atoms with E-state index in [1.54, 1.807) is 14.0 Å². The molecule has 0 radical (unpaired) electrons. The first-order valence-corrected chi connectivity index (χ1v) is 11.4. The van der Waals surface area contributed by atoms with Crippen LogP contribution in [0.2, 0.25) is 5.02 Å². The first-order chi connectivity index (χ1) is 14.7. The van der Waals surface area contributed by atoms with Crippen LogP contribution >= 0.6 is 11.6 Å². The van der Waals surface area contributed by atoms with Crippen molar-refractivity contribution >= 4 is 17.5 Å². The van der Waals surface area contributed by atoms with Crippen LogP contribution in [0.3, 0.4) is 0 Å². The van der Waals surface area contributed by atoms with Gasteiger partial charge in [-0.05, 0) is 74.3 Å². The summed E-state index contributed by atoms with van der Waals surface area (Å²) in [6.07, 6.45) is 3.73. The fourth-order valence-corrected chi connectivity index (χ4v) is 4.96. The van der Waals surface area contributed by atoms with Gasteiger partial charge in [-0.3, -0.25) is 4.79 Å². The predicted octanol–water partition coefficient (Wildman–Crippen LogP) is 5.91. The lowest BCUT2D eigenvalue weighted by molar-refractivity contribution is -0.131. The van der Waals surface area contributed by atoms with Crippen molar-refractivity contribution in [2.75, 3.05) is 20.3 Å². The van der Waals surface area contributed by atoms with Crippen molar-refractivity contribution in [3.05, 3.63) is 64.7 Å². The molecule has 0 aromatic heterocycles. The van der Waals surface area contributed by atoms with Crippen LogP contribution in [0.1, 0.15) is 51.2 Å². The van der Waals surface area contributed by atoms with Crippen molar-refractivity contribution in [2.24, 2.45) is 5.41 Å². The lowest BCUT2D eigenvalue weighted by atomic mass is 9.68. The highest BCUT2D eigenvalue weighted by molar-refractivity contribution is 6.31. The molecule has 0 bridgehead atoms. The normalized spacial score (nSPS) is 20.3. The molecule has 3 rings (SSSR count). The van der Waals surface area contributed by atoms with Gasteiger partial charge in [-0.15, -0.1) is 0 Å². The monoisotopic (exact) mass is 443 g/mol. The number of nitrogens with zero attached hydrogens (tertiary/aromatic N) is 1. The van der Waals surface area contributed by atoms with Crippen molar-refractivity contribution in [1.82, 2.24) is 4.90 Å². The smallest absolute Gasteiger partial charge is 0.219 e. The Morgan fingerprint density at radius 2 is 1.87 bits per heavy atom. The summed E-state index contributed by atoms with van der Waals surface area (Å²) >= 11 is 6.52. The van der Waals surface area contributed by atoms with Gasteiger partial charge in [0.25, 0.3) is 0 Å². The maximum atomic E-state index is 12.4. The van der Waals surface area contributed by atoms with Crippen molar-refractivity contribution in [3.63, 3.8) is 0 Å². The van der Waals surface area contributed by atoms with Gasteiger partial charge in [-0.1, -0.05) is 41.9 Å². The van der Waals surface area contributed by atoms with E-state index in [4.69, 9.17) is 21.1 Å². The highest BCUT2D eigenvalue weighted by atomic mass is 35.5. The molecule has 0 unspecified atom stereocenters. The van der Waals surface area contributed by atoms with Crippen molar-refractivity contribution in [2.45, 2.75) is 58.6 Å². The summed E-state index contributed by atoms with van der Waals surface area (Å²) in [4.78, 5) is 14.4. The molecular weight excluding hydrogens is 410 g/mol. The van der Waals surface area contributed by atoms with E-state index in [0.29, 0.717) is 13.1 Å². The molecule has 1 saturated heterocycles. The molecule has 1 aliphatic rings. The zero-order valence-corrected chi connectivity index (χ0v) is 19.9. The van der Waals surface area contributed by atoms with E-state index >= 15 is 0 Å². The number of carbonyl (C=O) groups excluding carboxylic acids is 1. The second kappa shape index (κ2) is 10.1. The van der Waals surface area contributed by atoms with Gasteiger partial charge >= 0.3 is 0 Å². The lowest BCUT2D eigenvalue weighted by Gasteiger charge is -2.46. The maximum absolute atomic E-state index is 12.4. The third kappa shape index (κ3) is 6.47. The first kappa shape index (κ1) is 23.6. The Hall–Kier alpha value is -2.04. The third-order valence-electron chi connectivity index (χ3n) is 6.34. The molecule has 1 fully saturated rings. The number of methoxy groups -OCH3 is 1. The zero-order valence-electron chi connectivity index (χ0n) is 19.1. The summed E-state index contributed by atoms with van der Waals surface area (Å²) < 4.78 is 11.3. The molecule has 1 atom stereocenters. The van der Waals surface area contributed by atoms with Crippen molar-refractivity contribution in [3.8, 4) is 5.75 Å². The molecule has 0 spiro atoms. The number of benzene rings is 2. The predicted molar refractivity (Wildman–Crippen MR) is 126 cm³/mol. The molecule has 5 heteroatoms. The second-order valence-corrected chi connectivity index (χ2v) is 9.75. The summed E-state index contributed by atoms with van der Waals surface area (Å²) in [5.41, 5.74) is 2.13. The number of amides is 1. The molecule has 1 heterocycles. The van der Waals surface area contributed by atoms with Crippen molar-refractivity contribution in [1.29, 1.82) is 0 Å². The first-order valence-electron chi connectivity index (χ1n) is 11.0. The zero-order chi connectivity index (χ0) is 22.5. The van der Waals surface area contributed by atoms with Gasteiger partial charge in [0.1, 0.15) is 5.75 Å². The van der Waals surface area contributed by atoms with Crippen LogP contribution in [0.25, 0.3) is 0 Å². The number of hydrogen-bond donors (Lipinski definition) is 0. The SMILES string of the molecule is COc1ccc(CN(CC[C@]2(Cc3ccccc3Cl)CCOC(C)(C)C2)C(C)=O)cc1. The van der Waals surface area contributed by atoms with E-state index in [-0.39, 0.29) is 16.9 Å². The highest BCUT2D eigenvalue weighted by Gasteiger charge is 2.41. The molecule has 2 aromatic carbocycles. The van der Waals surface area contributed by atoms with Gasteiger partial charge in [0.15, 0.2) is 0 Å². The summed E-state index contributed by atoms with van der Waals surface area (Å²) in [6.45, 7) is 8.01. The van der Waals surface area contributed by atoms with Crippen LogP contribution in [0.15, 0.2) is 48.5 Å². The van der Waals surface area contributed by atoms with Crippen LogP contribution < -0.4 is 4.74 Å². The van der Waals surface area contributed by atoms with E-state index in [9.17, 15) is 4.79 Å². The number of hydrogen-bond acceptors (Lipinski definition) is 3. The summed E-state index contributed by atoms with van der Waals surface area (Å²) in [5.74, 6) is 0.913. The lowest BCUT2D eigenvalue weighted by Crippen LogP contribution is -2.44. The van der Waals surface area contributed by atoms with E-state index in [1.165, 1.54) is 5.56 Å². The molecule has 168 valence electrons. The van der Waals surface area contributed by atoms with E-state index in [2.05, 4.69) is 19.9 Å². The number of rotatable bonds is 8. The van der Waals surface area contributed by atoms with Crippen LogP contribution in [-0.4, -0.2) is 36.7 Å². The summed E-state index contributed by atoms with van der Waals surface area (Å²) in [5, 5.41) is 0.813.